The van der Waals surface area contributed by atoms with Crippen molar-refractivity contribution in [1.82, 2.24) is 0 Å². The summed E-state index contributed by atoms with van der Waals surface area (Å²) in [5, 5.41) is 0. The van der Waals surface area contributed by atoms with Crippen molar-refractivity contribution in [2.45, 2.75) is 12.8 Å². The van der Waals surface area contributed by atoms with Crippen molar-refractivity contribution in [2.75, 3.05) is 0 Å². The SMILES string of the molecule is CC(F)(OS(=O)O)c1ccccc1. The minimum absolute atomic E-state index is 0.206. The molecule has 0 aliphatic carbocycles. The maximum absolute atomic E-state index is 13.5. The van der Waals surface area contributed by atoms with Crippen molar-refractivity contribution in [3.8, 4) is 0 Å². The molecule has 13 heavy (non-hydrogen) atoms. The molecular weight excluding hydrogens is 195 g/mol. The van der Waals surface area contributed by atoms with Gasteiger partial charge in [0.2, 0.25) is 5.85 Å². The monoisotopic (exact) mass is 204 g/mol. The Morgan fingerprint density at radius 3 is 2.46 bits per heavy atom. The molecule has 0 amide bonds. The molecule has 0 radical (unpaired) electrons. The molecule has 0 heterocycles. The van der Waals surface area contributed by atoms with Gasteiger partial charge in [0, 0.05) is 12.5 Å². The summed E-state index contributed by atoms with van der Waals surface area (Å²) in [6, 6.07) is 7.92. The predicted molar refractivity (Wildman–Crippen MR) is 46.8 cm³/mol. The van der Waals surface area contributed by atoms with Gasteiger partial charge in [-0.3, -0.25) is 4.55 Å². The molecule has 0 bridgehead atoms. The topological polar surface area (TPSA) is 46.5 Å². The lowest BCUT2D eigenvalue weighted by molar-refractivity contribution is -0.0455. The van der Waals surface area contributed by atoms with Crippen LogP contribution in [-0.2, 0) is 21.4 Å². The number of rotatable bonds is 3. The summed E-state index contributed by atoms with van der Waals surface area (Å²) in [6.07, 6.45) is 0. The molecule has 1 rings (SSSR count). The molecule has 5 heteroatoms. The highest BCUT2D eigenvalue weighted by Gasteiger charge is 2.29. The summed E-state index contributed by atoms with van der Waals surface area (Å²) in [5.41, 5.74) is 0.206. The van der Waals surface area contributed by atoms with E-state index in [1.807, 2.05) is 0 Å². The van der Waals surface area contributed by atoms with Crippen LogP contribution in [0.15, 0.2) is 30.3 Å². The third kappa shape index (κ3) is 2.87. The lowest BCUT2D eigenvalue weighted by atomic mass is 10.1. The first-order valence-corrected chi connectivity index (χ1v) is 4.60. The normalized spacial score (nSPS) is 17.8. The van der Waals surface area contributed by atoms with Crippen LogP contribution >= 0.6 is 0 Å². The third-order valence-electron chi connectivity index (χ3n) is 1.52. The van der Waals surface area contributed by atoms with Crippen LogP contribution in [0.4, 0.5) is 4.39 Å². The zero-order chi connectivity index (χ0) is 9.90. The molecule has 1 aromatic rings. The Bertz CT molecular complexity index is 300. The second kappa shape index (κ2) is 3.95. The lowest BCUT2D eigenvalue weighted by Crippen LogP contribution is -2.20. The third-order valence-corrected chi connectivity index (χ3v) is 1.97. The first-order valence-electron chi connectivity index (χ1n) is 3.57. The van der Waals surface area contributed by atoms with Crippen molar-refractivity contribution < 1.29 is 17.3 Å². The fourth-order valence-corrected chi connectivity index (χ4v) is 1.28. The van der Waals surface area contributed by atoms with Crippen LogP contribution < -0.4 is 0 Å². The predicted octanol–water partition coefficient (Wildman–Crippen LogP) is 1.98. The van der Waals surface area contributed by atoms with Gasteiger partial charge in [-0.15, -0.1) is 0 Å². The minimum Gasteiger partial charge on any atom is -0.284 e. The summed E-state index contributed by atoms with van der Waals surface area (Å²) in [7, 11) is 0. The van der Waals surface area contributed by atoms with Crippen LogP contribution in [0, 0.1) is 0 Å². The summed E-state index contributed by atoms with van der Waals surface area (Å²) in [5.74, 6) is -2.24. The van der Waals surface area contributed by atoms with Gasteiger partial charge in [0.05, 0.1) is 0 Å². The van der Waals surface area contributed by atoms with Gasteiger partial charge in [-0.05, 0) is 0 Å². The van der Waals surface area contributed by atoms with Gasteiger partial charge in [0.15, 0.2) is 0 Å². The number of hydrogen-bond donors (Lipinski definition) is 1. The van der Waals surface area contributed by atoms with Crippen molar-refractivity contribution in [1.29, 1.82) is 0 Å². The summed E-state index contributed by atoms with van der Waals surface area (Å²) in [6.45, 7) is 1.08. The maximum atomic E-state index is 13.5. The fourth-order valence-electron chi connectivity index (χ4n) is 0.918. The highest BCUT2D eigenvalue weighted by molar-refractivity contribution is 7.74. The average Bonchev–Trinajstić information content (AvgIpc) is 2.04. The molecule has 0 saturated carbocycles. The number of benzene rings is 1. The highest BCUT2D eigenvalue weighted by Crippen LogP contribution is 2.27. The molecular formula is C8H9FO3S. The largest absolute Gasteiger partial charge is 0.305 e. The summed E-state index contributed by atoms with van der Waals surface area (Å²) in [4.78, 5) is 0. The van der Waals surface area contributed by atoms with Crippen LogP contribution in [0.1, 0.15) is 12.5 Å². The van der Waals surface area contributed by atoms with E-state index in [-0.39, 0.29) is 5.56 Å². The first-order chi connectivity index (χ1) is 6.02. The van der Waals surface area contributed by atoms with E-state index in [0.29, 0.717) is 0 Å². The maximum Gasteiger partial charge on any atom is 0.305 e. The molecule has 0 fully saturated rings. The number of halogens is 1. The molecule has 3 nitrogen and oxygen atoms in total. The van der Waals surface area contributed by atoms with E-state index >= 15 is 0 Å². The lowest BCUT2D eigenvalue weighted by Gasteiger charge is -2.17. The minimum atomic E-state index is -2.61. The quantitative estimate of drug-likeness (QED) is 0.766. The van der Waals surface area contributed by atoms with E-state index in [0.717, 1.165) is 6.92 Å². The Labute approximate surface area is 78.0 Å². The van der Waals surface area contributed by atoms with Gasteiger partial charge in [0.1, 0.15) is 0 Å². The zero-order valence-corrected chi connectivity index (χ0v) is 7.75. The van der Waals surface area contributed by atoms with Gasteiger partial charge in [-0.2, -0.15) is 4.21 Å². The Hall–Kier alpha value is -0.780. The van der Waals surface area contributed by atoms with Crippen molar-refractivity contribution in [3.05, 3.63) is 35.9 Å². The Morgan fingerprint density at radius 1 is 1.46 bits per heavy atom. The summed E-state index contributed by atoms with van der Waals surface area (Å²) >= 11 is -2.61. The van der Waals surface area contributed by atoms with E-state index in [4.69, 9.17) is 4.55 Å². The first kappa shape index (κ1) is 10.3. The molecule has 0 aliphatic heterocycles. The van der Waals surface area contributed by atoms with Crippen molar-refractivity contribution >= 4 is 11.4 Å². The van der Waals surface area contributed by atoms with Crippen LogP contribution in [0.2, 0.25) is 0 Å². The molecule has 2 unspecified atom stereocenters. The second-order valence-corrected chi connectivity index (χ2v) is 3.18. The van der Waals surface area contributed by atoms with Gasteiger partial charge in [-0.1, -0.05) is 30.3 Å². The van der Waals surface area contributed by atoms with Crippen molar-refractivity contribution in [3.63, 3.8) is 0 Å². The van der Waals surface area contributed by atoms with Crippen LogP contribution in [0.3, 0.4) is 0 Å². The van der Waals surface area contributed by atoms with E-state index in [1.54, 1.807) is 18.2 Å². The van der Waals surface area contributed by atoms with Crippen molar-refractivity contribution in [2.24, 2.45) is 0 Å². The smallest absolute Gasteiger partial charge is 0.284 e. The molecule has 0 aromatic heterocycles. The molecule has 72 valence electrons. The van der Waals surface area contributed by atoms with E-state index in [9.17, 15) is 8.60 Å². The molecule has 1 aromatic carbocycles. The Balaban J connectivity index is 2.87. The highest BCUT2D eigenvalue weighted by atomic mass is 32.2. The van der Waals surface area contributed by atoms with Crippen LogP contribution in [-0.4, -0.2) is 8.76 Å². The molecule has 0 saturated heterocycles. The standard InChI is InChI=1S/C8H9FO3S/c1-8(9,12-13(10)11)7-5-3-2-4-6-7/h2-6H,1H3,(H,10,11). The van der Waals surface area contributed by atoms with Gasteiger partial charge in [0.25, 0.3) is 0 Å². The Kier molecular flexibility index (Phi) is 3.13. The summed E-state index contributed by atoms with van der Waals surface area (Å²) < 4.78 is 36.3. The van der Waals surface area contributed by atoms with E-state index in [1.165, 1.54) is 12.1 Å². The van der Waals surface area contributed by atoms with Gasteiger partial charge < -0.3 is 0 Å². The molecule has 1 N–H and O–H groups in total. The van der Waals surface area contributed by atoms with Crippen LogP contribution in [0.25, 0.3) is 0 Å². The van der Waals surface area contributed by atoms with E-state index in [2.05, 4.69) is 4.18 Å². The second-order valence-electron chi connectivity index (χ2n) is 2.58. The van der Waals surface area contributed by atoms with E-state index < -0.39 is 17.2 Å². The molecule has 0 spiro atoms. The molecule has 2 atom stereocenters. The number of alkyl halides is 1. The van der Waals surface area contributed by atoms with Gasteiger partial charge >= 0.3 is 11.4 Å². The van der Waals surface area contributed by atoms with Crippen LogP contribution in [0.5, 0.6) is 0 Å². The van der Waals surface area contributed by atoms with Gasteiger partial charge in [-0.25, -0.2) is 8.57 Å². The number of hydrogen-bond acceptors (Lipinski definition) is 2. The zero-order valence-electron chi connectivity index (χ0n) is 6.94. The average molecular weight is 204 g/mol. The fraction of sp³-hybridized carbons (Fsp3) is 0.250. The Morgan fingerprint density at radius 2 is 2.00 bits per heavy atom. The molecule has 0 aliphatic rings.